The Morgan fingerprint density at radius 3 is 2.23 bits per heavy atom. The summed E-state index contributed by atoms with van der Waals surface area (Å²) in [7, 11) is -0.888. The van der Waals surface area contributed by atoms with Gasteiger partial charge in [0, 0.05) is 0 Å². The van der Waals surface area contributed by atoms with Crippen molar-refractivity contribution in [1.29, 1.82) is 0 Å². The van der Waals surface area contributed by atoms with Gasteiger partial charge in [0.05, 0.1) is 7.11 Å². The van der Waals surface area contributed by atoms with Gasteiger partial charge in [0.15, 0.2) is 12.4 Å². The lowest BCUT2D eigenvalue weighted by atomic mass is 10.0. The zero-order valence-electron chi connectivity index (χ0n) is 18.0. The lowest BCUT2D eigenvalue weighted by Crippen LogP contribution is -2.34. The fourth-order valence-electron chi connectivity index (χ4n) is 3.01. The van der Waals surface area contributed by atoms with Crippen molar-refractivity contribution in [2.24, 2.45) is 5.92 Å². The van der Waals surface area contributed by atoms with Crippen LogP contribution in [0.1, 0.15) is 37.5 Å². The maximum atomic E-state index is 12.4. The van der Waals surface area contributed by atoms with Crippen molar-refractivity contribution >= 4 is 20.1 Å². The van der Waals surface area contributed by atoms with Gasteiger partial charge in [-0.3, -0.25) is 10.1 Å². The summed E-state index contributed by atoms with van der Waals surface area (Å²) in [5, 5.41) is 2.50. The minimum atomic E-state index is -2.19. The first kappa shape index (κ1) is 24.5. The van der Waals surface area contributed by atoms with Crippen molar-refractivity contribution in [1.82, 2.24) is 5.32 Å². The number of carbonyl (C=O) groups excluding carboxylic acids is 2. The Hall–Kier alpha value is -2.76. The molecule has 1 amide bonds. The molecule has 0 radical (unpaired) electrons. The van der Waals surface area contributed by atoms with Gasteiger partial charge in [-0.2, -0.15) is 0 Å². The van der Waals surface area contributed by atoms with Crippen LogP contribution in [0, 0.1) is 5.92 Å². The third-order valence-corrected chi connectivity index (χ3v) is 5.97. The van der Waals surface area contributed by atoms with Crippen molar-refractivity contribution in [3.8, 4) is 0 Å². The smallest absolute Gasteiger partial charge is 0.469 e. The number of hydrogen-bond acceptors (Lipinski definition) is 6. The second-order valence-electron chi connectivity index (χ2n) is 7.11. The largest absolute Gasteiger partial charge is 0.511 e. The van der Waals surface area contributed by atoms with Crippen LogP contribution in [0.2, 0.25) is 0 Å². The molecule has 0 fully saturated rings. The van der Waals surface area contributed by atoms with E-state index in [1.54, 1.807) is 13.8 Å². The second kappa shape index (κ2) is 12.8. The Balaban J connectivity index is 1.81. The van der Waals surface area contributed by atoms with Crippen molar-refractivity contribution in [3.05, 3.63) is 71.8 Å². The molecule has 0 aliphatic carbocycles. The van der Waals surface area contributed by atoms with Gasteiger partial charge in [-0.15, -0.1) is 4.52 Å². The predicted molar refractivity (Wildman–Crippen MR) is 118 cm³/mol. The summed E-state index contributed by atoms with van der Waals surface area (Å²) in [6, 6.07) is 19.0. The highest BCUT2D eigenvalue weighted by Gasteiger charge is 2.33. The molecular formula is C23H29NO6P+. The predicted octanol–water partition coefficient (Wildman–Crippen LogP) is 5.00. The molecule has 4 atom stereocenters. The number of ether oxygens (including phenoxy) is 2. The molecule has 0 bridgehead atoms. The maximum absolute atomic E-state index is 12.4. The van der Waals surface area contributed by atoms with Crippen LogP contribution >= 0.6 is 8.03 Å². The number of nitrogens with one attached hydrogen (secondary N) is 1. The number of rotatable bonds is 11. The van der Waals surface area contributed by atoms with Gasteiger partial charge in [-0.1, -0.05) is 60.7 Å². The van der Waals surface area contributed by atoms with Crippen molar-refractivity contribution < 1.29 is 28.2 Å². The lowest BCUT2D eigenvalue weighted by Gasteiger charge is -2.15. The molecule has 4 unspecified atom stereocenters. The molecule has 0 aromatic heterocycles. The Morgan fingerprint density at radius 2 is 1.61 bits per heavy atom. The molecule has 0 saturated heterocycles. The molecule has 31 heavy (non-hydrogen) atoms. The number of aryl methyl sites for hydroxylation is 1. The van der Waals surface area contributed by atoms with E-state index in [0.717, 1.165) is 11.1 Å². The van der Waals surface area contributed by atoms with Crippen LogP contribution in [-0.2, 0) is 29.8 Å². The summed E-state index contributed by atoms with van der Waals surface area (Å²) >= 11 is 0. The normalized spacial score (nSPS) is 14.1. The van der Waals surface area contributed by atoms with E-state index >= 15 is 0 Å². The van der Waals surface area contributed by atoms with Gasteiger partial charge in [0.1, 0.15) is 12.0 Å². The molecule has 7 nitrogen and oxygen atoms in total. The van der Waals surface area contributed by atoms with Crippen LogP contribution in [0.25, 0.3) is 0 Å². The number of benzene rings is 2. The number of esters is 1. The first-order valence-corrected chi connectivity index (χ1v) is 11.5. The molecule has 166 valence electrons. The van der Waals surface area contributed by atoms with E-state index < -0.39 is 38.3 Å². The third kappa shape index (κ3) is 8.87. The first-order valence-electron chi connectivity index (χ1n) is 10.1. The fourth-order valence-corrected chi connectivity index (χ4v) is 4.20. The number of methoxy groups -OCH3 is 1. The third-order valence-electron chi connectivity index (χ3n) is 4.68. The molecule has 1 N–H and O–H groups in total. The summed E-state index contributed by atoms with van der Waals surface area (Å²) in [6.45, 7) is 3.31. The van der Waals surface area contributed by atoms with Crippen molar-refractivity contribution in [3.63, 3.8) is 0 Å². The zero-order valence-corrected chi connectivity index (χ0v) is 18.9. The number of carbonyl (C=O) groups is 2. The first-order chi connectivity index (χ1) is 14.9. The van der Waals surface area contributed by atoms with E-state index in [0.29, 0.717) is 12.8 Å². The number of alkyl carbamates (subject to hydrolysis) is 1. The van der Waals surface area contributed by atoms with Crippen LogP contribution in [0.3, 0.4) is 0 Å². The van der Waals surface area contributed by atoms with Crippen LogP contribution < -0.4 is 5.32 Å². The van der Waals surface area contributed by atoms with Gasteiger partial charge in [0.25, 0.3) is 0 Å². The SMILES string of the molecule is COC(=O)C(CCc1ccccc1)C[P+](=O)OC(C)NC(=O)OC(C)c1ccccc1. The monoisotopic (exact) mass is 446 g/mol. The van der Waals surface area contributed by atoms with Crippen molar-refractivity contribution in [2.75, 3.05) is 13.3 Å². The van der Waals surface area contributed by atoms with Gasteiger partial charge in [0.2, 0.25) is 0 Å². The minimum Gasteiger partial charge on any atom is -0.469 e. The van der Waals surface area contributed by atoms with Gasteiger partial charge in [-0.25, -0.2) is 4.79 Å². The van der Waals surface area contributed by atoms with Gasteiger partial charge >= 0.3 is 20.1 Å². The number of amides is 1. The summed E-state index contributed by atoms with van der Waals surface area (Å²) < 4.78 is 28.0. The quantitative estimate of drug-likeness (QED) is 0.297. The van der Waals surface area contributed by atoms with Crippen LogP contribution in [-0.4, -0.2) is 31.6 Å². The van der Waals surface area contributed by atoms with Crippen LogP contribution in [0.15, 0.2) is 60.7 Å². The minimum absolute atomic E-state index is 0.0102. The maximum Gasteiger partial charge on any atom is 0.511 e. The summed E-state index contributed by atoms with van der Waals surface area (Å²) in [4.78, 5) is 24.2. The van der Waals surface area contributed by atoms with E-state index in [4.69, 9.17) is 14.0 Å². The standard InChI is InChI=1S/C23H28NO6P/c1-17(20-12-8-5-9-13-20)29-23(26)24-18(2)30-31(27)16-21(22(25)28-3)15-14-19-10-6-4-7-11-19/h4-13,17-18,21H,14-16H2,1-3H3/p+1. The highest BCUT2D eigenvalue weighted by molar-refractivity contribution is 7.39. The number of hydrogen-bond donors (Lipinski definition) is 1. The Kier molecular flexibility index (Phi) is 10.1. The van der Waals surface area contributed by atoms with Gasteiger partial charge < -0.3 is 9.47 Å². The Labute approximate surface area is 184 Å². The fraction of sp³-hybridized carbons (Fsp3) is 0.391. The summed E-state index contributed by atoms with van der Waals surface area (Å²) in [6.07, 6.45) is -0.812. The van der Waals surface area contributed by atoms with Crippen molar-refractivity contribution in [2.45, 2.75) is 39.0 Å². The molecule has 2 aromatic carbocycles. The average Bonchev–Trinajstić information content (AvgIpc) is 2.77. The summed E-state index contributed by atoms with van der Waals surface area (Å²) in [5.74, 6) is -0.995. The van der Waals surface area contributed by atoms with E-state index in [-0.39, 0.29) is 6.16 Å². The zero-order chi connectivity index (χ0) is 22.6. The van der Waals surface area contributed by atoms with Crippen LogP contribution in [0.5, 0.6) is 0 Å². The molecule has 8 heteroatoms. The Morgan fingerprint density at radius 1 is 1.00 bits per heavy atom. The van der Waals surface area contributed by atoms with E-state index in [2.05, 4.69) is 5.32 Å². The topological polar surface area (TPSA) is 90.9 Å². The van der Waals surface area contributed by atoms with Crippen LogP contribution in [0.4, 0.5) is 4.79 Å². The molecule has 0 saturated carbocycles. The van der Waals surface area contributed by atoms with Gasteiger partial charge in [-0.05, 0) is 42.4 Å². The van der Waals surface area contributed by atoms with E-state index in [1.807, 2.05) is 60.7 Å². The average molecular weight is 446 g/mol. The highest BCUT2D eigenvalue weighted by Crippen LogP contribution is 2.30. The molecular weight excluding hydrogens is 417 g/mol. The van der Waals surface area contributed by atoms with E-state index in [9.17, 15) is 14.2 Å². The molecule has 0 spiro atoms. The molecule has 0 heterocycles. The Bertz CT molecular complexity index is 846. The second-order valence-corrected chi connectivity index (χ2v) is 8.35. The molecule has 2 aromatic rings. The van der Waals surface area contributed by atoms with E-state index in [1.165, 1.54) is 7.11 Å². The molecule has 0 aliphatic heterocycles. The highest BCUT2D eigenvalue weighted by atomic mass is 31.1. The lowest BCUT2D eigenvalue weighted by molar-refractivity contribution is -0.144. The summed E-state index contributed by atoms with van der Waals surface area (Å²) in [5.41, 5.74) is 1.94. The molecule has 2 rings (SSSR count). The molecule has 0 aliphatic rings.